The van der Waals surface area contributed by atoms with Crippen LogP contribution in [-0.4, -0.2) is 10.8 Å². The van der Waals surface area contributed by atoms with Crippen molar-refractivity contribution in [3.05, 3.63) is 71.2 Å². The molecule has 0 bridgehead atoms. The SMILES string of the molecule is Nc1ccccc1-c1ncc(C(=O)c2ccccc2)s1. The van der Waals surface area contributed by atoms with Crippen molar-refractivity contribution in [3.63, 3.8) is 0 Å². The highest BCUT2D eigenvalue weighted by atomic mass is 32.1. The van der Waals surface area contributed by atoms with Crippen molar-refractivity contribution in [2.24, 2.45) is 0 Å². The molecule has 3 aromatic rings. The van der Waals surface area contributed by atoms with E-state index in [0.717, 1.165) is 10.6 Å². The van der Waals surface area contributed by atoms with E-state index in [1.165, 1.54) is 11.3 Å². The maximum Gasteiger partial charge on any atom is 0.204 e. The number of ketones is 1. The van der Waals surface area contributed by atoms with Gasteiger partial charge in [0.1, 0.15) is 5.01 Å². The molecular weight excluding hydrogens is 268 g/mol. The Morgan fingerprint density at radius 2 is 1.70 bits per heavy atom. The molecule has 0 fully saturated rings. The molecule has 1 aromatic heterocycles. The quantitative estimate of drug-likeness (QED) is 0.589. The average molecular weight is 280 g/mol. The molecule has 0 unspecified atom stereocenters. The number of thiazole rings is 1. The van der Waals surface area contributed by atoms with Gasteiger partial charge in [-0.25, -0.2) is 4.98 Å². The van der Waals surface area contributed by atoms with E-state index in [2.05, 4.69) is 4.98 Å². The number of carbonyl (C=O) groups excluding carboxylic acids is 1. The molecule has 0 atom stereocenters. The maximum atomic E-state index is 12.3. The lowest BCUT2D eigenvalue weighted by atomic mass is 10.1. The van der Waals surface area contributed by atoms with Crippen LogP contribution in [-0.2, 0) is 0 Å². The highest BCUT2D eigenvalue weighted by molar-refractivity contribution is 7.17. The number of nitrogens with zero attached hydrogens (tertiary/aromatic N) is 1. The molecule has 98 valence electrons. The third-order valence-electron chi connectivity index (χ3n) is 2.96. The Morgan fingerprint density at radius 1 is 1.00 bits per heavy atom. The number of para-hydroxylation sites is 1. The monoisotopic (exact) mass is 280 g/mol. The zero-order valence-electron chi connectivity index (χ0n) is 10.6. The Balaban J connectivity index is 1.95. The van der Waals surface area contributed by atoms with Gasteiger partial charge in [-0.15, -0.1) is 11.3 Å². The number of hydrogen-bond acceptors (Lipinski definition) is 4. The third-order valence-corrected chi connectivity index (χ3v) is 3.99. The molecule has 3 rings (SSSR count). The largest absolute Gasteiger partial charge is 0.398 e. The summed E-state index contributed by atoms with van der Waals surface area (Å²) in [6, 6.07) is 16.7. The van der Waals surface area contributed by atoms with Crippen molar-refractivity contribution >= 4 is 22.8 Å². The van der Waals surface area contributed by atoms with Crippen LogP contribution >= 0.6 is 11.3 Å². The standard InChI is InChI=1S/C16H12N2OS/c17-13-9-5-4-8-12(13)16-18-10-14(20-16)15(19)11-6-2-1-3-7-11/h1-10H,17H2. The summed E-state index contributed by atoms with van der Waals surface area (Å²) in [5, 5.41) is 0.766. The predicted molar refractivity (Wildman–Crippen MR) is 81.8 cm³/mol. The molecule has 0 radical (unpaired) electrons. The lowest BCUT2D eigenvalue weighted by Crippen LogP contribution is -1.97. The second-order valence-electron chi connectivity index (χ2n) is 4.31. The molecule has 0 saturated carbocycles. The molecule has 2 aromatic carbocycles. The number of hydrogen-bond donors (Lipinski definition) is 1. The van der Waals surface area contributed by atoms with E-state index in [1.54, 1.807) is 18.3 Å². The first-order valence-corrected chi connectivity index (χ1v) is 6.98. The van der Waals surface area contributed by atoms with Gasteiger partial charge in [0.15, 0.2) is 0 Å². The van der Waals surface area contributed by atoms with Gasteiger partial charge < -0.3 is 5.73 Å². The summed E-state index contributed by atoms with van der Waals surface area (Å²) >= 11 is 1.36. The van der Waals surface area contributed by atoms with E-state index < -0.39 is 0 Å². The van der Waals surface area contributed by atoms with Gasteiger partial charge in [0.25, 0.3) is 0 Å². The van der Waals surface area contributed by atoms with Crippen molar-refractivity contribution in [1.82, 2.24) is 4.98 Å². The lowest BCUT2D eigenvalue weighted by molar-refractivity contribution is 0.104. The Hall–Kier alpha value is -2.46. The molecule has 0 aliphatic rings. The average Bonchev–Trinajstić information content (AvgIpc) is 2.97. The summed E-state index contributed by atoms with van der Waals surface area (Å²) in [6.45, 7) is 0. The third kappa shape index (κ3) is 2.33. The van der Waals surface area contributed by atoms with Crippen molar-refractivity contribution in [2.75, 3.05) is 5.73 Å². The summed E-state index contributed by atoms with van der Waals surface area (Å²) < 4.78 is 0. The van der Waals surface area contributed by atoms with Gasteiger partial charge >= 0.3 is 0 Å². The maximum absolute atomic E-state index is 12.3. The van der Waals surface area contributed by atoms with Gasteiger partial charge in [0.2, 0.25) is 5.78 Å². The number of aromatic nitrogens is 1. The Labute approximate surface area is 120 Å². The number of benzene rings is 2. The zero-order chi connectivity index (χ0) is 13.9. The molecule has 3 nitrogen and oxygen atoms in total. The fraction of sp³-hybridized carbons (Fsp3) is 0. The number of carbonyl (C=O) groups is 1. The van der Waals surface area contributed by atoms with Crippen LogP contribution in [0.15, 0.2) is 60.8 Å². The van der Waals surface area contributed by atoms with Gasteiger partial charge in [0, 0.05) is 23.0 Å². The number of nitrogen functional groups attached to an aromatic ring is 1. The zero-order valence-corrected chi connectivity index (χ0v) is 11.4. The Morgan fingerprint density at radius 3 is 2.45 bits per heavy atom. The van der Waals surface area contributed by atoms with Crippen LogP contribution in [0.4, 0.5) is 5.69 Å². The molecule has 20 heavy (non-hydrogen) atoms. The number of rotatable bonds is 3. The van der Waals surface area contributed by atoms with Gasteiger partial charge in [-0.05, 0) is 12.1 Å². The molecule has 0 aliphatic heterocycles. The van der Waals surface area contributed by atoms with Gasteiger partial charge in [0.05, 0.1) is 4.88 Å². The Bertz CT molecular complexity index is 750. The van der Waals surface area contributed by atoms with Crippen molar-refractivity contribution in [1.29, 1.82) is 0 Å². The molecule has 2 N–H and O–H groups in total. The van der Waals surface area contributed by atoms with E-state index in [1.807, 2.05) is 42.5 Å². The molecule has 0 aliphatic carbocycles. The lowest BCUT2D eigenvalue weighted by Gasteiger charge is -2.00. The minimum atomic E-state index is -0.0103. The normalized spacial score (nSPS) is 10.4. The van der Waals surface area contributed by atoms with Gasteiger partial charge in [-0.2, -0.15) is 0 Å². The molecule has 0 saturated heterocycles. The summed E-state index contributed by atoms with van der Waals surface area (Å²) in [7, 11) is 0. The molecule has 0 amide bonds. The summed E-state index contributed by atoms with van der Waals surface area (Å²) in [5.74, 6) is -0.0103. The van der Waals surface area contributed by atoms with Crippen LogP contribution in [0.25, 0.3) is 10.6 Å². The minimum Gasteiger partial charge on any atom is -0.398 e. The van der Waals surface area contributed by atoms with E-state index in [9.17, 15) is 4.79 Å². The van der Waals surface area contributed by atoms with E-state index >= 15 is 0 Å². The molecule has 4 heteroatoms. The van der Waals surface area contributed by atoms with Crippen LogP contribution in [0.1, 0.15) is 15.2 Å². The Kier molecular flexibility index (Phi) is 3.31. The van der Waals surface area contributed by atoms with Crippen LogP contribution < -0.4 is 5.73 Å². The summed E-state index contributed by atoms with van der Waals surface area (Å²) in [4.78, 5) is 17.2. The molecule has 1 heterocycles. The van der Waals surface area contributed by atoms with E-state index in [0.29, 0.717) is 16.1 Å². The van der Waals surface area contributed by atoms with Crippen molar-refractivity contribution in [2.45, 2.75) is 0 Å². The highest BCUT2D eigenvalue weighted by Gasteiger charge is 2.14. The van der Waals surface area contributed by atoms with Crippen molar-refractivity contribution in [3.8, 4) is 10.6 Å². The smallest absolute Gasteiger partial charge is 0.204 e. The van der Waals surface area contributed by atoms with Gasteiger partial charge in [-0.1, -0.05) is 42.5 Å². The summed E-state index contributed by atoms with van der Waals surface area (Å²) in [6.07, 6.45) is 1.61. The first-order chi connectivity index (χ1) is 9.75. The predicted octanol–water partition coefficient (Wildman–Crippen LogP) is 3.62. The number of anilines is 1. The van der Waals surface area contributed by atoms with Crippen LogP contribution in [0.3, 0.4) is 0 Å². The van der Waals surface area contributed by atoms with E-state index in [-0.39, 0.29) is 5.78 Å². The summed E-state index contributed by atoms with van der Waals surface area (Å²) in [5.41, 5.74) is 8.13. The fourth-order valence-electron chi connectivity index (χ4n) is 1.93. The van der Waals surface area contributed by atoms with Crippen LogP contribution in [0, 0.1) is 0 Å². The fourth-order valence-corrected chi connectivity index (χ4v) is 2.85. The first kappa shape index (κ1) is 12.6. The second kappa shape index (κ2) is 5.27. The molecule has 0 spiro atoms. The first-order valence-electron chi connectivity index (χ1n) is 6.16. The van der Waals surface area contributed by atoms with E-state index in [4.69, 9.17) is 5.73 Å². The minimum absolute atomic E-state index is 0.0103. The second-order valence-corrected chi connectivity index (χ2v) is 5.34. The van der Waals surface area contributed by atoms with Crippen LogP contribution in [0.2, 0.25) is 0 Å². The number of nitrogens with two attached hydrogens (primary N) is 1. The molecular formula is C16H12N2OS. The van der Waals surface area contributed by atoms with Crippen molar-refractivity contribution < 1.29 is 4.79 Å². The van der Waals surface area contributed by atoms with Gasteiger partial charge in [-0.3, -0.25) is 4.79 Å². The topological polar surface area (TPSA) is 56.0 Å². The van der Waals surface area contributed by atoms with Crippen LogP contribution in [0.5, 0.6) is 0 Å². The highest BCUT2D eigenvalue weighted by Crippen LogP contribution is 2.30.